The molecule has 2 heterocycles. The lowest BCUT2D eigenvalue weighted by atomic mass is 10.2. The van der Waals surface area contributed by atoms with Crippen molar-refractivity contribution >= 4 is 17.9 Å². The van der Waals surface area contributed by atoms with Crippen LogP contribution in [0.25, 0.3) is 11.8 Å². The predicted molar refractivity (Wildman–Crippen MR) is 86.0 cm³/mol. The van der Waals surface area contributed by atoms with Gasteiger partial charge in [0.25, 0.3) is 0 Å². The zero-order chi connectivity index (χ0) is 17.2. The molecule has 0 radical (unpaired) electrons. The number of aromatic nitrogens is 3. The van der Waals surface area contributed by atoms with E-state index >= 15 is 0 Å². The number of hydrogen-bond acceptors (Lipinski definition) is 4. The van der Waals surface area contributed by atoms with Gasteiger partial charge in [-0.2, -0.15) is 5.10 Å². The van der Waals surface area contributed by atoms with Gasteiger partial charge in [0, 0.05) is 13.1 Å². The van der Waals surface area contributed by atoms with Gasteiger partial charge in [-0.05, 0) is 26.8 Å². The molecule has 1 amide bonds. The Bertz CT molecular complexity index is 734. The topological polar surface area (TPSA) is 60.2 Å². The maximum absolute atomic E-state index is 13.3. The van der Waals surface area contributed by atoms with Crippen LogP contribution < -0.4 is 4.90 Å². The Morgan fingerprint density at radius 3 is 2.70 bits per heavy atom. The van der Waals surface area contributed by atoms with Crippen molar-refractivity contribution in [3.8, 4) is 5.69 Å². The number of carbonyl (C=O) groups is 1. The monoisotopic (exact) mass is 318 g/mol. The normalized spacial score (nSPS) is 11.2. The van der Waals surface area contributed by atoms with Gasteiger partial charge in [-0.3, -0.25) is 9.88 Å². The highest BCUT2D eigenvalue weighted by Gasteiger charge is 2.23. The third-order valence-electron chi connectivity index (χ3n) is 2.90. The molecule has 0 aliphatic rings. The number of amides is 1. The third-order valence-corrected chi connectivity index (χ3v) is 2.90. The summed E-state index contributed by atoms with van der Waals surface area (Å²) >= 11 is 0. The Morgan fingerprint density at radius 2 is 2.13 bits per heavy atom. The lowest BCUT2D eigenvalue weighted by Crippen LogP contribution is -2.34. The van der Waals surface area contributed by atoms with E-state index in [2.05, 4.69) is 16.7 Å². The highest BCUT2D eigenvalue weighted by Crippen LogP contribution is 2.23. The molecule has 0 atom stereocenters. The van der Waals surface area contributed by atoms with Crippen molar-refractivity contribution in [3.05, 3.63) is 42.7 Å². The number of nitrogens with zero attached hydrogens (tertiary/aromatic N) is 4. The molecule has 2 aromatic rings. The van der Waals surface area contributed by atoms with Crippen LogP contribution in [-0.4, -0.2) is 33.5 Å². The Hall–Kier alpha value is -2.70. The van der Waals surface area contributed by atoms with Crippen LogP contribution in [0.4, 0.5) is 14.9 Å². The van der Waals surface area contributed by atoms with Crippen molar-refractivity contribution in [1.29, 1.82) is 0 Å². The summed E-state index contributed by atoms with van der Waals surface area (Å²) in [6, 6.07) is 1.30. The molecule has 0 saturated heterocycles. The van der Waals surface area contributed by atoms with Crippen molar-refractivity contribution in [2.24, 2.45) is 0 Å². The maximum atomic E-state index is 13.3. The average molecular weight is 318 g/mol. The SMILES string of the molecule is C=Cc1nn(-c2cncc(F)c2)cc1N(C)C(=O)OC(C)(C)C. The minimum Gasteiger partial charge on any atom is -0.443 e. The highest BCUT2D eigenvalue weighted by molar-refractivity contribution is 5.89. The van der Waals surface area contributed by atoms with Gasteiger partial charge in [0.05, 0.1) is 30.0 Å². The van der Waals surface area contributed by atoms with Gasteiger partial charge in [0.2, 0.25) is 0 Å². The van der Waals surface area contributed by atoms with Gasteiger partial charge in [-0.25, -0.2) is 13.9 Å². The molecule has 6 nitrogen and oxygen atoms in total. The summed E-state index contributed by atoms with van der Waals surface area (Å²) in [4.78, 5) is 17.3. The smallest absolute Gasteiger partial charge is 0.414 e. The van der Waals surface area contributed by atoms with E-state index in [1.165, 1.54) is 27.9 Å². The Labute approximate surface area is 134 Å². The number of hydrogen-bond donors (Lipinski definition) is 0. The molecular formula is C16H19FN4O2. The Kier molecular flexibility index (Phi) is 4.49. The van der Waals surface area contributed by atoms with Crippen molar-refractivity contribution in [1.82, 2.24) is 14.8 Å². The Balaban J connectivity index is 2.36. The first-order chi connectivity index (χ1) is 10.7. The molecule has 0 spiro atoms. The molecule has 0 aromatic carbocycles. The molecule has 0 aliphatic carbocycles. The number of rotatable bonds is 3. The first kappa shape index (κ1) is 16.7. The van der Waals surface area contributed by atoms with E-state index in [9.17, 15) is 9.18 Å². The maximum Gasteiger partial charge on any atom is 0.414 e. The molecular weight excluding hydrogens is 299 g/mol. The fourth-order valence-corrected chi connectivity index (χ4v) is 1.87. The zero-order valence-electron chi connectivity index (χ0n) is 13.6. The molecule has 0 N–H and O–H groups in total. The van der Waals surface area contributed by atoms with E-state index in [0.717, 1.165) is 6.20 Å². The van der Waals surface area contributed by atoms with Crippen LogP contribution in [0.15, 0.2) is 31.2 Å². The second-order valence-electron chi connectivity index (χ2n) is 5.95. The lowest BCUT2D eigenvalue weighted by Gasteiger charge is -2.24. The molecule has 2 rings (SSSR count). The largest absolute Gasteiger partial charge is 0.443 e. The van der Waals surface area contributed by atoms with Gasteiger partial charge in [0.1, 0.15) is 17.1 Å². The number of pyridine rings is 1. The average Bonchev–Trinajstić information content (AvgIpc) is 2.88. The van der Waals surface area contributed by atoms with E-state index in [1.54, 1.807) is 34.0 Å². The molecule has 0 fully saturated rings. The van der Waals surface area contributed by atoms with Crippen LogP contribution >= 0.6 is 0 Å². The first-order valence-corrected chi connectivity index (χ1v) is 7.01. The summed E-state index contributed by atoms with van der Waals surface area (Å²) in [5.74, 6) is -0.472. The summed E-state index contributed by atoms with van der Waals surface area (Å²) in [5.41, 5.74) is 0.806. The summed E-state index contributed by atoms with van der Waals surface area (Å²) in [6.07, 6.45) is 5.17. The summed E-state index contributed by atoms with van der Waals surface area (Å²) in [7, 11) is 1.58. The zero-order valence-corrected chi connectivity index (χ0v) is 13.6. The van der Waals surface area contributed by atoms with E-state index in [-0.39, 0.29) is 0 Å². The van der Waals surface area contributed by atoms with Gasteiger partial charge >= 0.3 is 6.09 Å². The standard InChI is InChI=1S/C16H19FN4O2/c1-6-13-14(20(5)15(22)23-16(2,3)4)10-21(19-13)12-7-11(17)8-18-9-12/h6-10H,1H2,2-5H3. The molecule has 7 heteroatoms. The van der Waals surface area contributed by atoms with E-state index < -0.39 is 17.5 Å². The van der Waals surface area contributed by atoms with E-state index in [0.29, 0.717) is 17.1 Å². The second-order valence-corrected chi connectivity index (χ2v) is 5.95. The number of anilines is 1. The third kappa shape index (κ3) is 3.94. The van der Waals surface area contributed by atoms with Gasteiger partial charge in [-0.1, -0.05) is 6.58 Å². The van der Waals surface area contributed by atoms with Crippen molar-refractivity contribution in [3.63, 3.8) is 0 Å². The minimum atomic E-state index is -0.609. The van der Waals surface area contributed by atoms with Crippen LogP contribution in [0.3, 0.4) is 0 Å². The van der Waals surface area contributed by atoms with Gasteiger partial charge < -0.3 is 4.74 Å². The van der Waals surface area contributed by atoms with Gasteiger partial charge in [0.15, 0.2) is 0 Å². The van der Waals surface area contributed by atoms with Crippen LogP contribution in [0.5, 0.6) is 0 Å². The number of carbonyl (C=O) groups excluding carboxylic acids is 1. The second kappa shape index (κ2) is 6.20. The van der Waals surface area contributed by atoms with Crippen LogP contribution in [0.1, 0.15) is 26.5 Å². The molecule has 0 aliphatic heterocycles. The number of halogens is 1. The molecule has 23 heavy (non-hydrogen) atoms. The van der Waals surface area contributed by atoms with Crippen molar-refractivity contribution in [2.75, 3.05) is 11.9 Å². The molecule has 0 saturated carbocycles. The van der Waals surface area contributed by atoms with Gasteiger partial charge in [-0.15, -0.1) is 0 Å². The van der Waals surface area contributed by atoms with E-state index in [1.807, 2.05) is 0 Å². The molecule has 0 bridgehead atoms. The summed E-state index contributed by atoms with van der Waals surface area (Å²) in [6.45, 7) is 9.05. The fourth-order valence-electron chi connectivity index (χ4n) is 1.87. The van der Waals surface area contributed by atoms with Crippen LogP contribution in [0, 0.1) is 5.82 Å². The molecule has 2 aromatic heterocycles. The van der Waals surface area contributed by atoms with Crippen LogP contribution in [0.2, 0.25) is 0 Å². The van der Waals surface area contributed by atoms with E-state index in [4.69, 9.17) is 4.74 Å². The predicted octanol–water partition coefficient (Wildman–Crippen LogP) is 3.42. The Morgan fingerprint density at radius 1 is 1.43 bits per heavy atom. The minimum absolute atomic E-state index is 0.442. The highest BCUT2D eigenvalue weighted by atomic mass is 19.1. The van der Waals surface area contributed by atoms with Crippen LogP contribution in [-0.2, 0) is 4.74 Å². The number of ether oxygens (including phenoxy) is 1. The summed E-state index contributed by atoms with van der Waals surface area (Å²) in [5, 5.41) is 4.28. The van der Waals surface area contributed by atoms with Crippen molar-refractivity contribution < 1.29 is 13.9 Å². The van der Waals surface area contributed by atoms with Crippen molar-refractivity contribution in [2.45, 2.75) is 26.4 Å². The quantitative estimate of drug-likeness (QED) is 0.870. The summed E-state index contributed by atoms with van der Waals surface area (Å²) < 4.78 is 20.1. The molecule has 122 valence electrons. The molecule has 0 unspecified atom stereocenters. The fraction of sp³-hybridized carbons (Fsp3) is 0.312. The lowest BCUT2D eigenvalue weighted by molar-refractivity contribution is 0.0589. The first-order valence-electron chi connectivity index (χ1n) is 7.01.